The Morgan fingerprint density at radius 2 is 1.88 bits per heavy atom. The van der Waals surface area contributed by atoms with Crippen molar-refractivity contribution in [1.29, 1.82) is 0 Å². The summed E-state index contributed by atoms with van der Waals surface area (Å²) < 4.78 is 1.86. The summed E-state index contributed by atoms with van der Waals surface area (Å²) in [5, 5.41) is 14.9. The maximum atomic E-state index is 10.4. The van der Waals surface area contributed by atoms with Crippen LogP contribution in [0.1, 0.15) is 51.0 Å². The number of rotatable bonds is 3. The van der Waals surface area contributed by atoms with E-state index < -0.39 is 6.10 Å². The average Bonchev–Trinajstić information content (AvgIpc) is 2.67. The lowest BCUT2D eigenvalue weighted by Crippen LogP contribution is -2.08. The predicted octanol–water partition coefficient (Wildman–Crippen LogP) is 3.15. The van der Waals surface area contributed by atoms with Crippen molar-refractivity contribution >= 4 is 5.52 Å². The quantitative estimate of drug-likeness (QED) is 0.882. The van der Waals surface area contributed by atoms with Gasteiger partial charge in [0.1, 0.15) is 0 Å². The van der Waals surface area contributed by atoms with Gasteiger partial charge >= 0.3 is 0 Å². The van der Waals surface area contributed by atoms with Gasteiger partial charge in [-0.3, -0.25) is 0 Å². The first kappa shape index (κ1) is 12.1. The molecular weight excluding hydrogens is 212 g/mol. The van der Waals surface area contributed by atoms with E-state index in [1.807, 2.05) is 42.8 Å². The zero-order valence-electron chi connectivity index (χ0n) is 10.9. The van der Waals surface area contributed by atoms with Crippen LogP contribution in [0.3, 0.4) is 0 Å². The van der Waals surface area contributed by atoms with Gasteiger partial charge in [-0.1, -0.05) is 33.8 Å². The van der Waals surface area contributed by atoms with Crippen molar-refractivity contribution in [3.05, 3.63) is 35.7 Å². The van der Waals surface area contributed by atoms with E-state index in [4.69, 9.17) is 0 Å². The fraction of sp³-hybridized carbons (Fsp3) is 0.500. The summed E-state index contributed by atoms with van der Waals surface area (Å²) in [5.74, 6) is 0.513. The van der Waals surface area contributed by atoms with E-state index in [2.05, 4.69) is 18.9 Å². The van der Waals surface area contributed by atoms with Crippen LogP contribution < -0.4 is 0 Å². The van der Waals surface area contributed by atoms with Crippen LogP contribution >= 0.6 is 0 Å². The number of hydrogen-bond donors (Lipinski definition) is 1. The number of aliphatic hydroxyl groups excluding tert-OH is 1. The Balaban J connectivity index is 2.68. The van der Waals surface area contributed by atoms with Crippen molar-refractivity contribution in [3.63, 3.8) is 0 Å². The van der Waals surface area contributed by atoms with Gasteiger partial charge in [0.2, 0.25) is 0 Å². The Morgan fingerprint density at radius 3 is 2.47 bits per heavy atom. The molecule has 0 aliphatic heterocycles. The van der Waals surface area contributed by atoms with Gasteiger partial charge < -0.3 is 5.11 Å². The molecule has 1 N–H and O–H groups in total. The summed E-state index contributed by atoms with van der Waals surface area (Å²) in [4.78, 5) is 0. The lowest BCUT2D eigenvalue weighted by atomic mass is 9.94. The number of pyridine rings is 1. The van der Waals surface area contributed by atoms with Crippen LogP contribution in [0.25, 0.3) is 5.52 Å². The second-order valence-corrected chi connectivity index (χ2v) is 5.17. The zero-order valence-corrected chi connectivity index (χ0v) is 10.9. The Labute approximate surface area is 102 Å². The van der Waals surface area contributed by atoms with E-state index in [0.717, 1.165) is 16.8 Å². The van der Waals surface area contributed by atoms with Gasteiger partial charge in [0.05, 0.1) is 17.3 Å². The first-order chi connectivity index (χ1) is 8.02. The van der Waals surface area contributed by atoms with Gasteiger partial charge in [-0.25, -0.2) is 4.52 Å². The minimum Gasteiger partial charge on any atom is -0.388 e. The first-order valence-corrected chi connectivity index (χ1v) is 6.17. The molecule has 0 aliphatic rings. The van der Waals surface area contributed by atoms with Crippen molar-refractivity contribution in [2.45, 2.75) is 39.7 Å². The molecule has 0 unspecified atom stereocenters. The van der Waals surface area contributed by atoms with E-state index >= 15 is 0 Å². The molecular formula is C14H20N2O. The minimum atomic E-state index is -0.452. The summed E-state index contributed by atoms with van der Waals surface area (Å²) in [6.45, 7) is 8.28. The van der Waals surface area contributed by atoms with Crippen molar-refractivity contribution in [2.75, 3.05) is 0 Å². The van der Waals surface area contributed by atoms with Gasteiger partial charge in [0, 0.05) is 11.8 Å². The summed E-state index contributed by atoms with van der Waals surface area (Å²) in [6.07, 6.45) is 1.48. The maximum Gasteiger partial charge on any atom is 0.0852 e. The van der Waals surface area contributed by atoms with Crippen LogP contribution in [-0.2, 0) is 0 Å². The Morgan fingerprint density at radius 1 is 1.18 bits per heavy atom. The van der Waals surface area contributed by atoms with Crippen molar-refractivity contribution in [2.24, 2.45) is 5.92 Å². The summed E-state index contributed by atoms with van der Waals surface area (Å²) in [5.41, 5.74) is 2.99. The van der Waals surface area contributed by atoms with Crippen LogP contribution in [-0.4, -0.2) is 14.7 Å². The topological polar surface area (TPSA) is 37.5 Å². The van der Waals surface area contributed by atoms with Gasteiger partial charge in [0.25, 0.3) is 0 Å². The molecule has 1 atom stereocenters. The second kappa shape index (κ2) is 4.49. The molecule has 3 heteroatoms. The van der Waals surface area contributed by atoms with E-state index in [1.165, 1.54) is 0 Å². The zero-order chi connectivity index (χ0) is 12.6. The molecule has 3 nitrogen and oxygen atoms in total. The Kier molecular flexibility index (Phi) is 3.20. The van der Waals surface area contributed by atoms with Gasteiger partial charge in [-0.05, 0) is 24.0 Å². The lowest BCUT2D eigenvalue weighted by Gasteiger charge is -2.16. The molecule has 0 spiro atoms. The smallest absolute Gasteiger partial charge is 0.0852 e. The fourth-order valence-electron chi connectivity index (χ4n) is 2.10. The number of fused-ring (bicyclic) bond motifs is 1. The van der Waals surface area contributed by atoms with Crippen molar-refractivity contribution < 1.29 is 5.11 Å². The number of aromatic nitrogens is 2. The van der Waals surface area contributed by atoms with Gasteiger partial charge in [-0.2, -0.15) is 5.10 Å². The van der Waals surface area contributed by atoms with Crippen LogP contribution in [0.15, 0.2) is 24.4 Å². The third kappa shape index (κ3) is 2.07. The van der Waals surface area contributed by atoms with Crippen LogP contribution in [0.4, 0.5) is 0 Å². The highest BCUT2D eigenvalue weighted by molar-refractivity contribution is 5.58. The first-order valence-electron chi connectivity index (χ1n) is 6.17. The van der Waals surface area contributed by atoms with Crippen LogP contribution in [0.5, 0.6) is 0 Å². The summed E-state index contributed by atoms with van der Waals surface area (Å²) in [7, 11) is 0. The Bertz CT molecular complexity index is 514. The highest BCUT2D eigenvalue weighted by Crippen LogP contribution is 2.32. The van der Waals surface area contributed by atoms with E-state index in [-0.39, 0.29) is 5.92 Å². The normalized spacial score (nSPS) is 13.8. The van der Waals surface area contributed by atoms with Crippen LogP contribution in [0, 0.1) is 5.92 Å². The molecule has 0 aromatic carbocycles. The van der Waals surface area contributed by atoms with Crippen molar-refractivity contribution in [3.8, 4) is 0 Å². The predicted molar refractivity (Wildman–Crippen MR) is 69.1 cm³/mol. The number of nitrogens with zero attached hydrogens (tertiary/aromatic N) is 2. The fourth-order valence-corrected chi connectivity index (χ4v) is 2.10. The summed E-state index contributed by atoms with van der Waals surface area (Å²) >= 11 is 0. The van der Waals surface area contributed by atoms with Gasteiger partial charge in [0.15, 0.2) is 0 Å². The van der Waals surface area contributed by atoms with Crippen LogP contribution in [0.2, 0.25) is 0 Å². The Hall–Kier alpha value is -1.35. The third-order valence-electron chi connectivity index (χ3n) is 3.08. The molecule has 0 amide bonds. The minimum absolute atomic E-state index is 0.195. The monoisotopic (exact) mass is 232 g/mol. The highest BCUT2D eigenvalue weighted by atomic mass is 16.3. The van der Waals surface area contributed by atoms with E-state index in [1.54, 1.807) is 0 Å². The SMILES string of the molecule is CC(C)c1nn2ccccc2c1[C@H](O)C(C)C. The molecule has 92 valence electrons. The molecule has 2 heterocycles. The molecule has 0 saturated heterocycles. The average molecular weight is 232 g/mol. The summed E-state index contributed by atoms with van der Waals surface area (Å²) in [6, 6.07) is 5.95. The molecule has 2 rings (SSSR count). The largest absolute Gasteiger partial charge is 0.388 e. The molecule has 2 aromatic heterocycles. The lowest BCUT2D eigenvalue weighted by molar-refractivity contribution is 0.127. The molecule has 2 aromatic rings. The van der Waals surface area contributed by atoms with E-state index in [0.29, 0.717) is 5.92 Å². The van der Waals surface area contributed by atoms with E-state index in [9.17, 15) is 5.11 Å². The number of hydrogen-bond acceptors (Lipinski definition) is 2. The molecule has 0 radical (unpaired) electrons. The standard InChI is InChI=1S/C14H20N2O/c1-9(2)13-12(14(17)10(3)4)11-7-5-6-8-16(11)15-13/h5-10,14,17H,1-4H3/t14-/m1/s1. The van der Waals surface area contributed by atoms with Crippen molar-refractivity contribution in [1.82, 2.24) is 9.61 Å². The molecule has 0 aliphatic carbocycles. The third-order valence-corrected chi connectivity index (χ3v) is 3.08. The molecule has 0 fully saturated rings. The highest BCUT2D eigenvalue weighted by Gasteiger charge is 2.23. The molecule has 17 heavy (non-hydrogen) atoms. The number of aliphatic hydroxyl groups is 1. The molecule has 0 saturated carbocycles. The van der Waals surface area contributed by atoms with Gasteiger partial charge in [-0.15, -0.1) is 0 Å². The molecule has 0 bridgehead atoms. The second-order valence-electron chi connectivity index (χ2n) is 5.17. The maximum absolute atomic E-state index is 10.4.